The molecular weight excluding hydrogens is 248 g/mol. The number of hydrogen-bond donors (Lipinski definition) is 1. The lowest BCUT2D eigenvalue weighted by molar-refractivity contribution is 0.525. The van der Waals surface area contributed by atoms with E-state index in [0.717, 1.165) is 18.8 Å². The lowest BCUT2D eigenvalue weighted by Gasteiger charge is -2.18. The van der Waals surface area contributed by atoms with Crippen LogP contribution in [0.1, 0.15) is 48.0 Å². The second kappa shape index (κ2) is 6.18. The van der Waals surface area contributed by atoms with Crippen LogP contribution >= 0.6 is 0 Å². The van der Waals surface area contributed by atoms with E-state index in [1.54, 1.807) is 0 Å². The zero-order valence-corrected chi connectivity index (χ0v) is 13.1. The van der Waals surface area contributed by atoms with E-state index in [2.05, 4.69) is 61.5 Å². The molecule has 1 heterocycles. The molecule has 0 aliphatic rings. The molecule has 1 aromatic heterocycles. The molecule has 0 bridgehead atoms. The molecule has 1 atom stereocenters. The highest BCUT2D eigenvalue weighted by Crippen LogP contribution is 2.20. The molecule has 4 heteroatoms. The Morgan fingerprint density at radius 2 is 2.00 bits per heavy atom. The van der Waals surface area contributed by atoms with Crippen LogP contribution in [-0.4, -0.2) is 15.0 Å². The number of nitrogens with zero attached hydrogens (tertiary/aromatic N) is 3. The van der Waals surface area contributed by atoms with E-state index < -0.39 is 0 Å². The van der Waals surface area contributed by atoms with Crippen LogP contribution in [0.5, 0.6) is 0 Å². The molecule has 0 radical (unpaired) electrons. The Morgan fingerprint density at radius 3 is 2.70 bits per heavy atom. The number of aromatic nitrogens is 3. The van der Waals surface area contributed by atoms with Gasteiger partial charge in [-0.2, -0.15) is 0 Å². The first kappa shape index (κ1) is 14.7. The Balaban J connectivity index is 2.10. The van der Waals surface area contributed by atoms with Crippen LogP contribution < -0.4 is 5.32 Å². The fraction of sp³-hybridized carbons (Fsp3) is 0.500. The summed E-state index contributed by atoms with van der Waals surface area (Å²) in [6.07, 6.45) is 0. The van der Waals surface area contributed by atoms with E-state index in [-0.39, 0.29) is 0 Å². The predicted octanol–water partition coefficient (Wildman–Crippen LogP) is 3.07. The normalized spacial score (nSPS) is 12.7. The highest BCUT2D eigenvalue weighted by atomic mass is 15.4. The maximum absolute atomic E-state index is 4.14. The van der Waals surface area contributed by atoms with Crippen molar-refractivity contribution in [1.29, 1.82) is 0 Å². The summed E-state index contributed by atoms with van der Waals surface area (Å²) in [5, 5.41) is 11.9. The Labute approximate surface area is 121 Å². The van der Waals surface area contributed by atoms with Crippen molar-refractivity contribution in [3.63, 3.8) is 0 Å². The van der Waals surface area contributed by atoms with Crippen LogP contribution in [0, 0.1) is 20.8 Å². The van der Waals surface area contributed by atoms with Gasteiger partial charge in [0.1, 0.15) is 0 Å². The SMILES string of the molecule is CCn1nnc(C)c1CNC(C)c1cccc(C)c1C. The first-order valence-electron chi connectivity index (χ1n) is 7.23. The first-order chi connectivity index (χ1) is 9.54. The lowest BCUT2D eigenvalue weighted by Crippen LogP contribution is -2.21. The Morgan fingerprint density at radius 1 is 1.25 bits per heavy atom. The van der Waals surface area contributed by atoms with E-state index >= 15 is 0 Å². The van der Waals surface area contributed by atoms with Crippen molar-refractivity contribution in [3.05, 3.63) is 46.3 Å². The average molecular weight is 272 g/mol. The minimum atomic E-state index is 0.314. The summed E-state index contributed by atoms with van der Waals surface area (Å²) >= 11 is 0. The number of rotatable bonds is 5. The molecule has 0 spiro atoms. The van der Waals surface area contributed by atoms with Crippen molar-refractivity contribution < 1.29 is 0 Å². The number of benzene rings is 1. The second-order valence-electron chi connectivity index (χ2n) is 5.33. The third-order valence-corrected chi connectivity index (χ3v) is 4.02. The topological polar surface area (TPSA) is 42.7 Å². The zero-order chi connectivity index (χ0) is 14.7. The van der Waals surface area contributed by atoms with E-state index in [9.17, 15) is 0 Å². The van der Waals surface area contributed by atoms with E-state index in [0.29, 0.717) is 6.04 Å². The smallest absolute Gasteiger partial charge is 0.0841 e. The maximum atomic E-state index is 4.14. The minimum Gasteiger partial charge on any atom is -0.304 e. The average Bonchev–Trinajstić information content (AvgIpc) is 2.79. The maximum Gasteiger partial charge on any atom is 0.0841 e. The molecule has 20 heavy (non-hydrogen) atoms. The summed E-state index contributed by atoms with van der Waals surface area (Å²) < 4.78 is 1.96. The number of nitrogens with one attached hydrogen (secondary N) is 1. The molecule has 0 saturated carbocycles. The molecule has 0 saturated heterocycles. The first-order valence-corrected chi connectivity index (χ1v) is 7.23. The molecule has 1 N–H and O–H groups in total. The molecule has 1 unspecified atom stereocenters. The van der Waals surface area contributed by atoms with Crippen LogP contribution in [0.4, 0.5) is 0 Å². The summed E-state index contributed by atoms with van der Waals surface area (Å²) in [4.78, 5) is 0. The molecular formula is C16H24N4. The van der Waals surface area contributed by atoms with E-state index in [4.69, 9.17) is 0 Å². The lowest BCUT2D eigenvalue weighted by atomic mass is 9.98. The van der Waals surface area contributed by atoms with Gasteiger partial charge in [0, 0.05) is 19.1 Å². The second-order valence-corrected chi connectivity index (χ2v) is 5.33. The summed E-state index contributed by atoms with van der Waals surface area (Å²) in [7, 11) is 0. The van der Waals surface area contributed by atoms with Crippen LogP contribution in [0.25, 0.3) is 0 Å². The highest BCUT2D eigenvalue weighted by Gasteiger charge is 2.12. The molecule has 1 aromatic carbocycles. The molecule has 0 amide bonds. The van der Waals surface area contributed by atoms with Gasteiger partial charge in [-0.25, -0.2) is 4.68 Å². The minimum absolute atomic E-state index is 0.314. The van der Waals surface area contributed by atoms with Gasteiger partial charge in [-0.1, -0.05) is 23.4 Å². The van der Waals surface area contributed by atoms with Gasteiger partial charge in [0.25, 0.3) is 0 Å². The van der Waals surface area contributed by atoms with Gasteiger partial charge in [0.2, 0.25) is 0 Å². The molecule has 108 valence electrons. The largest absolute Gasteiger partial charge is 0.304 e. The van der Waals surface area contributed by atoms with Crippen molar-refractivity contribution in [2.24, 2.45) is 0 Å². The highest BCUT2D eigenvalue weighted by molar-refractivity contribution is 5.35. The molecule has 2 aromatic rings. The van der Waals surface area contributed by atoms with Gasteiger partial charge >= 0.3 is 0 Å². The van der Waals surface area contributed by atoms with Gasteiger partial charge < -0.3 is 5.32 Å². The van der Waals surface area contributed by atoms with Crippen LogP contribution in [0.15, 0.2) is 18.2 Å². The van der Waals surface area contributed by atoms with Gasteiger partial charge in [-0.05, 0) is 51.3 Å². The number of hydrogen-bond acceptors (Lipinski definition) is 3. The predicted molar refractivity (Wildman–Crippen MR) is 81.6 cm³/mol. The van der Waals surface area contributed by atoms with Crippen molar-refractivity contribution >= 4 is 0 Å². The van der Waals surface area contributed by atoms with Crippen molar-refractivity contribution in [1.82, 2.24) is 20.3 Å². The summed E-state index contributed by atoms with van der Waals surface area (Å²) in [5.41, 5.74) is 6.24. The zero-order valence-electron chi connectivity index (χ0n) is 13.1. The summed E-state index contributed by atoms with van der Waals surface area (Å²) in [5.74, 6) is 0. The molecule has 0 aliphatic heterocycles. The third-order valence-electron chi connectivity index (χ3n) is 4.02. The fourth-order valence-corrected chi connectivity index (χ4v) is 2.50. The summed E-state index contributed by atoms with van der Waals surface area (Å²) in [6, 6.07) is 6.79. The van der Waals surface area contributed by atoms with Gasteiger partial charge in [0.05, 0.1) is 11.4 Å². The van der Waals surface area contributed by atoms with Gasteiger partial charge in [-0.15, -0.1) is 5.10 Å². The Kier molecular flexibility index (Phi) is 4.55. The molecule has 0 fully saturated rings. The van der Waals surface area contributed by atoms with Gasteiger partial charge in [-0.3, -0.25) is 0 Å². The quantitative estimate of drug-likeness (QED) is 0.909. The van der Waals surface area contributed by atoms with Crippen molar-refractivity contribution in [3.8, 4) is 0 Å². The third kappa shape index (κ3) is 2.90. The van der Waals surface area contributed by atoms with Crippen LogP contribution in [0.3, 0.4) is 0 Å². The van der Waals surface area contributed by atoms with Gasteiger partial charge in [0.15, 0.2) is 0 Å². The van der Waals surface area contributed by atoms with Crippen molar-refractivity contribution in [2.75, 3.05) is 0 Å². The number of aryl methyl sites for hydroxylation is 3. The molecule has 0 aliphatic carbocycles. The fourth-order valence-electron chi connectivity index (χ4n) is 2.50. The van der Waals surface area contributed by atoms with E-state index in [1.807, 2.05) is 11.6 Å². The Bertz CT molecular complexity index is 586. The standard InChI is InChI=1S/C16H24N4/c1-6-20-16(14(5)18-19-20)10-17-13(4)15-9-7-8-11(2)12(15)3/h7-9,13,17H,6,10H2,1-5H3. The van der Waals surface area contributed by atoms with Crippen LogP contribution in [0.2, 0.25) is 0 Å². The van der Waals surface area contributed by atoms with Crippen molar-refractivity contribution in [2.45, 2.75) is 53.8 Å². The van der Waals surface area contributed by atoms with E-state index in [1.165, 1.54) is 22.4 Å². The monoisotopic (exact) mass is 272 g/mol. The summed E-state index contributed by atoms with van der Waals surface area (Å²) in [6.45, 7) is 12.3. The molecule has 2 rings (SSSR count). The Hall–Kier alpha value is -1.68. The molecule has 4 nitrogen and oxygen atoms in total. The van der Waals surface area contributed by atoms with Crippen LogP contribution in [-0.2, 0) is 13.1 Å².